The van der Waals surface area contributed by atoms with Gasteiger partial charge in [0.1, 0.15) is 6.54 Å². The van der Waals surface area contributed by atoms with Gasteiger partial charge in [0.2, 0.25) is 17.7 Å². The number of benzene rings is 1. The summed E-state index contributed by atoms with van der Waals surface area (Å²) in [7, 11) is 0. The number of imide groups is 1. The summed E-state index contributed by atoms with van der Waals surface area (Å²) in [6, 6.07) is 7.15. The molecule has 0 spiro atoms. The monoisotopic (exact) mass is 374 g/mol. The molecule has 0 unspecified atom stereocenters. The average molecular weight is 375 g/mol. The molecule has 2 aliphatic carbocycles. The normalized spacial score (nSPS) is 30.9. The number of hydrogen-bond donors (Lipinski definition) is 1. The molecule has 23 heavy (non-hydrogen) atoms. The van der Waals surface area contributed by atoms with Gasteiger partial charge in [0.05, 0.1) is 11.8 Å². The number of carbonyl (C=O) groups excluding carboxylic acids is 3. The highest BCUT2D eigenvalue weighted by atomic mass is 79.9. The van der Waals surface area contributed by atoms with Crippen molar-refractivity contribution in [3.05, 3.63) is 40.9 Å². The fraction of sp³-hybridized carbons (Fsp3) is 0.353. The Labute approximate surface area is 141 Å². The molecular weight excluding hydrogens is 360 g/mol. The Bertz CT molecular complexity index is 698. The van der Waals surface area contributed by atoms with Crippen molar-refractivity contribution < 1.29 is 14.4 Å². The molecule has 1 saturated heterocycles. The third-order valence-corrected chi connectivity index (χ3v) is 5.52. The first-order chi connectivity index (χ1) is 11.0. The lowest BCUT2D eigenvalue weighted by molar-refractivity contribution is -0.143. The first-order valence-corrected chi connectivity index (χ1v) is 8.43. The van der Waals surface area contributed by atoms with Crippen molar-refractivity contribution in [2.24, 2.45) is 23.7 Å². The highest BCUT2D eigenvalue weighted by Gasteiger charge is 2.59. The van der Waals surface area contributed by atoms with Crippen molar-refractivity contribution in [2.45, 2.75) is 6.42 Å². The minimum absolute atomic E-state index is 0.168. The SMILES string of the molecule is O=C(CN1C(=O)[C@@H]2[C@@H](C1=O)[C@H]1C=C[C@H]2C1)Nc1ccc(Br)cc1. The lowest BCUT2D eigenvalue weighted by Gasteiger charge is -2.16. The van der Waals surface area contributed by atoms with E-state index >= 15 is 0 Å². The van der Waals surface area contributed by atoms with Gasteiger partial charge in [-0.3, -0.25) is 19.3 Å². The number of amides is 3. The van der Waals surface area contributed by atoms with E-state index in [1.54, 1.807) is 12.1 Å². The molecule has 1 aromatic carbocycles. The Morgan fingerprint density at radius 1 is 1.09 bits per heavy atom. The van der Waals surface area contributed by atoms with Gasteiger partial charge < -0.3 is 5.32 Å². The standard InChI is InChI=1S/C17H15BrN2O3/c18-11-3-5-12(6-4-11)19-13(21)8-20-16(22)14-9-1-2-10(7-9)15(14)17(20)23/h1-6,9-10,14-15H,7-8H2,(H,19,21)/t9-,10-,14-,15-/m0/s1. The molecule has 1 aromatic rings. The molecule has 2 fully saturated rings. The number of nitrogens with one attached hydrogen (secondary N) is 1. The van der Waals surface area contributed by atoms with Crippen LogP contribution < -0.4 is 5.32 Å². The number of nitrogens with zero attached hydrogens (tertiary/aromatic N) is 1. The van der Waals surface area contributed by atoms with Crippen LogP contribution in [0.4, 0.5) is 5.69 Å². The lowest BCUT2D eigenvalue weighted by Crippen LogP contribution is -2.39. The van der Waals surface area contributed by atoms with Crippen LogP contribution in [0.1, 0.15) is 6.42 Å². The van der Waals surface area contributed by atoms with Crippen LogP contribution in [0.5, 0.6) is 0 Å². The van der Waals surface area contributed by atoms with Gasteiger partial charge in [-0.25, -0.2) is 0 Å². The van der Waals surface area contributed by atoms with E-state index in [0.717, 1.165) is 15.8 Å². The number of anilines is 1. The van der Waals surface area contributed by atoms with E-state index in [9.17, 15) is 14.4 Å². The lowest BCUT2D eigenvalue weighted by atomic mass is 9.85. The third kappa shape index (κ3) is 2.32. The smallest absolute Gasteiger partial charge is 0.244 e. The van der Waals surface area contributed by atoms with E-state index in [-0.39, 0.29) is 47.9 Å². The fourth-order valence-electron chi connectivity index (χ4n) is 4.00. The second-order valence-corrected chi connectivity index (χ2v) is 7.23. The van der Waals surface area contributed by atoms with E-state index in [2.05, 4.69) is 21.2 Å². The summed E-state index contributed by atoms with van der Waals surface area (Å²) in [5, 5.41) is 2.72. The summed E-state index contributed by atoms with van der Waals surface area (Å²) in [6.45, 7) is -0.208. The zero-order valence-electron chi connectivity index (χ0n) is 12.2. The van der Waals surface area contributed by atoms with Crippen molar-refractivity contribution in [3.63, 3.8) is 0 Å². The van der Waals surface area contributed by atoms with Gasteiger partial charge >= 0.3 is 0 Å². The highest BCUT2D eigenvalue weighted by Crippen LogP contribution is 2.52. The maximum atomic E-state index is 12.5. The van der Waals surface area contributed by atoms with Crippen LogP contribution >= 0.6 is 15.9 Å². The molecule has 4 rings (SSSR count). The van der Waals surface area contributed by atoms with Crippen molar-refractivity contribution in [1.29, 1.82) is 0 Å². The molecule has 2 bridgehead atoms. The van der Waals surface area contributed by atoms with E-state index in [0.29, 0.717) is 5.69 Å². The zero-order valence-corrected chi connectivity index (χ0v) is 13.8. The second-order valence-electron chi connectivity index (χ2n) is 6.32. The van der Waals surface area contributed by atoms with Gasteiger partial charge in [-0.05, 0) is 42.5 Å². The first-order valence-electron chi connectivity index (χ1n) is 7.63. The maximum absolute atomic E-state index is 12.5. The van der Waals surface area contributed by atoms with Gasteiger partial charge in [0.25, 0.3) is 0 Å². The minimum Gasteiger partial charge on any atom is -0.325 e. The van der Waals surface area contributed by atoms with E-state index in [1.165, 1.54) is 0 Å². The molecule has 1 heterocycles. The van der Waals surface area contributed by atoms with Gasteiger partial charge in [0, 0.05) is 10.2 Å². The Morgan fingerprint density at radius 3 is 2.22 bits per heavy atom. The molecule has 118 valence electrons. The number of allylic oxidation sites excluding steroid dienone is 2. The first kappa shape index (κ1) is 14.6. The Morgan fingerprint density at radius 2 is 1.65 bits per heavy atom. The molecule has 1 aliphatic heterocycles. The van der Waals surface area contributed by atoms with Crippen LogP contribution in [0.2, 0.25) is 0 Å². The average Bonchev–Trinajstić information content (AvgIpc) is 3.19. The Hall–Kier alpha value is -1.95. The van der Waals surface area contributed by atoms with Crippen LogP contribution in [0.3, 0.4) is 0 Å². The molecule has 0 aromatic heterocycles. The molecule has 5 nitrogen and oxygen atoms in total. The molecule has 0 radical (unpaired) electrons. The minimum atomic E-state index is -0.352. The van der Waals surface area contributed by atoms with Crippen LogP contribution in [0.25, 0.3) is 0 Å². The third-order valence-electron chi connectivity index (χ3n) is 4.99. The van der Waals surface area contributed by atoms with Gasteiger partial charge in [-0.1, -0.05) is 28.1 Å². The number of rotatable bonds is 3. The van der Waals surface area contributed by atoms with Crippen LogP contribution in [0, 0.1) is 23.7 Å². The topological polar surface area (TPSA) is 66.5 Å². The Kier molecular flexibility index (Phi) is 3.37. The van der Waals surface area contributed by atoms with Crippen LogP contribution in [-0.4, -0.2) is 29.2 Å². The van der Waals surface area contributed by atoms with E-state index in [4.69, 9.17) is 0 Å². The number of hydrogen-bond acceptors (Lipinski definition) is 3. The predicted molar refractivity (Wildman–Crippen MR) is 87.2 cm³/mol. The van der Waals surface area contributed by atoms with E-state index in [1.807, 2.05) is 24.3 Å². The van der Waals surface area contributed by atoms with Crippen molar-refractivity contribution in [2.75, 3.05) is 11.9 Å². The predicted octanol–water partition coefficient (Wildman–Crippen LogP) is 2.19. The fourth-order valence-corrected chi connectivity index (χ4v) is 4.26. The van der Waals surface area contributed by atoms with Gasteiger partial charge in [-0.2, -0.15) is 0 Å². The molecule has 6 heteroatoms. The summed E-state index contributed by atoms with van der Waals surface area (Å²) in [6.07, 6.45) is 4.98. The Balaban J connectivity index is 1.45. The molecule has 3 aliphatic rings. The molecule has 4 atom stereocenters. The number of fused-ring (bicyclic) bond motifs is 5. The van der Waals surface area contributed by atoms with Crippen LogP contribution in [-0.2, 0) is 14.4 Å². The summed E-state index contributed by atoms with van der Waals surface area (Å²) < 4.78 is 0.913. The second kappa shape index (κ2) is 5.30. The quantitative estimate of drug-likeness (QED) is 0.651. The van der Waals surface area contributed by atoms with Crippen molar-refractivity contribution >= 4 is 39.3 Å². The van der Waals surface area contributed by atoms with E-state index < -0.39 is 0 Å². The summed E-state index contributed by atoms with van der Waals surface area (Å²) in [5.41, 5.74) is 0.638. The summed E-state index contributed by atoms with van der Waals surface area (Å²) in [5.74, 6) is -0.905. The largest absolute Gasteiger partial charge is 0.325 e. The molecular formula is C17H15BrN2O3. The van der Waals surface area contributed by atoms with Crippen molar-refractivity contribution in [1.82, 2.24) is 4.90 Å². The summed E-state index contributed by atoms with van der Waals surface area (Å²) >= 11 is 3.33. The molecule has 3 amide bonds. The highest BCUT2D eigenvalue weighted by molar-refractivity contribution is 9.10. The van der Waals surface area contributed by atoms with Crippen LogP contribution in [0.15, 0.2) is 40.9 Å². The number of halogens is 1. The molecule has 1 saturated carbocycles. The van der Waals surface area contributed by atoms with Gasteiger partial charge in [0.15, 0.2) is 0 Å². The number of carbonyl (C=O) groups is 3. The van der Waals surface area contributed by atoms with Gasteiger partial charge in [-0.15, -0.1) is 0 Å². The molecule has 1 N–H and O–H groups in total. The number of likely N-dealkylation sites (tertiary alicyclic amines) is 1. The zero-order chi connectivity index (χ0) is 16.1. The summed E-state index contributed by atoms with van der Waals surface area (Å²) in [4.78, 5) is 38.3. The van der Waals surface area contributed by atoms with Crippen molar-refractivity contribution in [3.8, 4) is 0 Å². The maximum Gasteiger partial charge on any atom is 0.244 e.